The average molecular weight is 743 g/mol. The average Bonchev–Trinajstić information content (AvgIpc) is 3.56. The van der Waals surface area contributed by atoms with Crippen LogP contribution < -0.4 is 0 Å². The van der Waals surface area contributed by atoms with Gasteiger partial charge in [0.05, 0.1) is 11.4 Å². The van der Waals surface area contributed by atoms with Crippen molar-refractivity contribution < 1.29 is 0 Å². The Bertz CT molecular complexity index is 2920. The smallest absolute Gasteiger partial charge is 0.160 e. The van der Waals surface area contributed by atoms with Gasteiger partial charge in [-0.1, -0.05) is 195 Å². The van der Waals surface area contributed by atoms with Crippen molar-refractivity contribution in [3.05, 3.63) is 205 Å². The summed E-state index contributed by atoms with van der Waals surface area (Å²) in [7, 11) is 0. The standard InChI is InChI=1S/C56H42N2/c1-4-13-38(14-5-1)39-23-29-43(30-24-39)52-37-53(58-55(57-52)45-15-6-2-7-16-45)44-31-25-41(26-32-44)40-21-27-42(28-22-40)48-19-12-20-50-54(48)49-35-46-17-8-9-18-47(46)36-51(49)56(50)33-10-3-11-34-56/h1-2,4-9,12-32,35-37H,3,10-11,33-34H2. The molecule has 1 saturated carbocycles. The van der Waals surface area contributed by atoms with E-state index < -0.39 is 0 Å². The number of fused-ring (bicyclic) bond motifs is 6. The molecule has 2 nitrogen and oxygen atoms in total. The van der Waals surface area contributed by atoms with E-state index in [4.69, 9.17) is 9.97 Å². The van der Waals surface area contributed by atoms with E-state index in [2.05, 4.69) is 176 Å². The second kappa shape index (κ2) is 14.2. The van der Waals surface area contributed by atoms with Crippen molar-refractivity contribution in [2.75, 3.05) is 0 Å². The number of hydrogen-bond acceptors (Lipinski definition) is 2. The fourth-order valence-electron chi connectivity index (χ4n) is 9.76. The lowest BCUT2D eigenvalue weighted by molar-refractivity contribution is 0.353. The molecule has 0 bridgehead atoms. The second-order valence-electron chi connectivity index (χ2n) is 16.0. The first kappa shape index (κ1) is 34.4. The maximum Gasteiger partial charge on any atom is 0.160 e. The van der Waals surface area contributed by atoms with Crippen LogP contribution in [0.5, 0.6) is 0 Å². The van der Waals surface area contributed by atoms with Crippen LogP contribution in [0.2, 0.25) is 0 Å². The van der Waals surface area contributed by atoms with E-state index in [1.807, 2.05) is 18.2 Å². The van der Waals surface area contributed by atoms with E-state index in [9.17, 15) is 0 Å². The third kappa shape index (κ3) is 5.96. The number of nitrogens with zero attached hydrogens (tertiary/aromatic N) is 2. The van der Waals surface area contributed by atoms with Crippen LogP contribution in [0.15, 0.2) is 194 Å². The highest BCUT2D eigenvalue weighted by molar-refractivity contribution is 5.99. The van der Waals surface area contributed by atoms with Gasteiger partial charge in [0, 0.05) is 22.1 Å². The molecular formula is C56H42N2. The Labute approximate surface area is 340 Å². The molecule has 0 atom stereocenters. The van der Waals surface area contributed by atoms with Gasteiger partial charge in [0.25, 0.3) is 0 Å². The predicted molar refractivity (Wildman–Crippen MR) is 241 cm³/mol. The number of hydrogen-bond donors (Lipinski definition) is 0. The molecule has 0 N–H and O–H groups in total. The minimum atomic E-state index is 0.115. The third-order valence-electron chi connectivity index (χ3n) is 12.7. The quantitative estimate of drug-likeness (QED) is 0.170. The van der Waals surface area contributed by atoms with Crippen LogP contribution >= 0.6 is 0 Å². The fraction of sp³-hybridized carbons (Fsp3) is 0.107. The van der Waals surface area contributed by atoms with Crippen LogP contribution in [0.25, 0.3) is 89.2 Å². The highest BCUT2D eigenvalue weighted by Gasteiger charge is 2.44. The van der Waals surface area contributed by atoms with Crippen LogP contribution in [0.3, 0.4) is 0 Å². The Morgan fingerprint density at radius 1 is 0.328 bits per heavy atom. The van der Waals surface area contributed by atoms with Crippen LogP contribution in [0, 0.1) is 0 Å². The Morgan fingerprint density at radius 3 is 1.40 bits per heavy atom. The summed E-state index contributed by atoms with van der Waals surface area (Å²) in [6.45, 7) is 0. The molecule has 58 heavy (non-hydrogen) atoms. The summed E-state index contributed by atoms with van der Waals surface area (Å²) in [5, 5.41) is 2.67. The van der Waals surface area contributed by atoms with Crippen molar-refractivity contribution in [3.8, 4) is 78.4 Å². The van der Waals surface area contributed by atoms with Crippen LogP contribution in [-0.4, -0.2) is 9.97 Å². The summed E-state index contributed by atoms with van der Waals surface area (Å²) in [5.41, 5.74) is 18.3. The van der Waals surface area contributed by atoms with Crippen molar-refractivity contribution in [2.45, 2.75) is 37.5 Å². The summed E-state index contributed by atoms with van der Waals surface area (Å²) in [4.78, 5) is 10.2. The van der Waals surface area contributed by atoms with E-state index in [-0.39, 0.29) is 5.41 Å². The molecule has 0 amide bonds. The van der Waals surface area contributed by atoms with Gasteiger partial charge in [0.1, 0.15) is 0 Å². The molecule has 1 fully saturated rings. The Kier molecular flexibility index (Phi) is 8.43. The monoisotopic (exact) mass is 742 g/mol. The Morgan fingerprint density at radius 2 is 0.810 bits per heavy atom. The molecule has 1 heterocycles. The van der Waals surface area contributed by atoms with Gasteiger partial charge in [-0.25, -0.2) is 9.97 Å². The molecule has 0 unspecified atom stereocenters. The first-order valence-electron chi connectivity index (χ1n) is 20.7. The topological polar surface area (TPSA) is 25.8 Å². The third-order valence-corrected chi connectivity index (χ3v) is 12.7. The molecular weight excluding hydrogens is 701 g/mol. The van der Waals surface area contributed by atoms with Gasteiger partial charge in [0.2, 0.25) is 0 Å². The zero-order valence-electron chi connectivity index (χ0n) is 32.4. The van der Waals surface area contributed by atoms with Gasteiger partial charge in [-0.05, 0) is 97.4 Å². The minimum Gasteiger partial charge on any atom is -0.228 e. The first-order chi connectivity index (χ1) is 28.7. The molecule has 2 aliphatic rings. The molecule has 1 spiro atoms. The number of aromatic nitrogens is 2. The Balaban J connectivity index is 0.923. The van der Waals surface area contributed by atoms with Crippen molar-refractivity contribution in [3.63, 3.8) is 0 Å². The molecule has 8 aromatic carbocycles. The minimum absolute atomic E-state index is 0.115. The predicted octanol–water partition coefficient (Wildman–Crippen LogP) is 14.9. The molecule has 2 aliphatic carbocycles. The summed E-state index contributed by atoms with van der Waals surface area (Å²) in [6.07, 6.45) is 6.38. The molecule has 0 aliphatic heterocycles. The number of rotatable bonds is 6. The van der Waals surface area contributed by atoms with E-state index >= 15 is 0 Å². The zero-order valence-corrected chi connectivity index (χ0v) is 32.4. The first-order valence-corrected chi connectivity index (χ1v) is 20.7. The molecule has 1 aromatic heterocycles. The van der Waals surface area contributed by atoms with Crippen molar-refractivity contribution >= 4 is 10.8 Å². The normalized spacial score (nSPS) is 14.0. The second-order valence-corrected chi connectivity index (χ2v) is 16.0. The zero-order chi connectivity index (χ0) is 38.5. The molecule has 9 aromatic rings. The van der Waals surface area contributed by atoms with E-state index in [0.29, 0.717) is 0 Å². The van der Waals surface area contributed by atoms with Crippen molar-refractivity contribution in [1.29, 1.82) is 0 Å². The lowest BCUT2D eigenvalue weighted by Gasteiger charge is -2.36. The van der Waals surface area contributed by atoms with Gasteiger partial charge >= 0.3 is 0 Å². The maximum atomic E-state index is 5.09. The molecule has 0 saturated heterocycles. The van der Waals surface area contributed by atoms with Gasteiger partial charge in [-0.2, -0.15) is 0 Å². The van der Waals surface area contributed by atoms with E-state index in [1.54, 1.807) is 0 Å². The van der Waals surface area contributed by atoms with E-state index in [0.717, 1.165) is 33.9 Å². The molecule has 11 rings (SSSR count). The molecule has 2 heteroatoms. The van der Waals surface area contributed by atoms with E-state index in [1.165, 1.54) is 98.5 Å². The van der Waals surface area contributed by atoms with Crippen LogP contribution in [0.4, 0.5) is 0 Å². The summed E-state index contributed by atoms with van der Waals surface area (Å²) >= 11 is 0. The van der Waals surface area contributed by atoms with Gasteiger partial charge in [-0.3, -0.25) is 0 Å². The molecule has 0 radical (unpaired) electrons. The van der Waals surface area contributed by atoms with Gasteiger partial charge in [0.15, 0.2) is 5.82 Å². The molecule has 276 valence electrons. The largest absolute Gasteiger partial charge is 0.228 e. The van der Waals surface area contributed by atoms with Gasteiger partial charge < -0.3 is 0 Å². The summed E-state index contributed by atoms with van der Waals surface area (Å²) < 4.78 is 0. The van der Waals surface area contributed by atoms with Crippen molar-refractivity contribution in [2.24, 2.45) is 0 Å². The maximum absolute atomic E-state index is 5.09. The van der Waals surface area contributed by atoms with Crippen LogP contribution in [-0.2, 0) is 5.41 Å². The van der Waals surface area contributed by atoms with Gasteiger partial charge in [-0.15, -0.1) is 0 Å². The lowest BCUT2D eigenvalue weighted by atomic mass is 9.67. The summed E-state index contributed by atoms with van der Waals surface area (Å²) in [6, 6.07) is 70.5. The SMILES string of the molecule is c1ccc(-c2ccc(-c3cc(-c4ccc(-c5ccc(-c6cccc7c6-c6cc8ccccc8cc6C76CCCCC6)cc5)cc4)nc(-c4ccccc4)n3)cc2)cc1. The highest BCUT2D eigenvalue weighted by Crippen LogP contribution is 2.58. The Hall–Kier alpha value is -6.90. The highest BCUT2D eigenvalue weighted by atomic mass is 14.9. The van der Waals surface area contributed by atoms with Crippen molar-refractivity contribution in [1.82, 2.24) is 9.97 Å². The fourth-order valence-corrected chi connectivity index (χ4v) is 9.76. The van der Waals surface area contributed by atoms with Crippen LogP contribution in [0.1, 0.15) is 43.2 Å². The summed E-state index contributed by atoms with van der Waals surface area (Å²) in [5.74, 6) is 0.720. The number of benzene rings is 8. The lowest BCUT2D eigenvalue weighted by Crippen LogP contribution is -2.28.